The number of nitriles is 1. The number of fused-ring (bicyclic) bond motifs is 6. The molecule has 8 aromatic rings. The first-order valence-corrected chi connectivity index (χ1v) is 31.3. The number of halogens is 3. The highest BCUT2D eigenvalue weighted by molar-refractivity contribution is 7.26. The molecule has 6 N–H and O–H groups in total. The van der Waals surface area contributed by atoms with E-state index in [0.29, 0.717) is 83.6 Å². The molecule has 10 heterocycles. The first kappa shape index (κ1) is 57.7. The summed E-state index contributed by atoms with van der Waals surface area (Å²) in [6, 6.07) is 14.5. The van der Waals surface area contributed by atoms with Crippen LogP contribution in [0.4, 0.5) is 24.0 Å². The van der Waals surface area contributed by atoms with Crippen LogP contribution in [-0.4, -0.2) is 154 Å². The zero-order valence-electron chi connectivity index (χ0n) is 48.0. The predicted octanol–water partition coefficient (Wildman–Crippen LogP) is 7.89. The number of likely N-dealkylation sites (tertiary alicyclic amines) is 2. The van der Waals surface area contributed by atoms with Gasteiger partial charge >= 0.3 is 6.01 Å². The fourth-order valence-electron chi connectivity index (χ4n) is 13.6. The number of β-amino-alcohol motifs (C(OH)–C–C–N with tert-alkyl or cyclic N) is 1. The molecular weight excluding hydrogens is 1140 g/mol. The van der Waals surface area contributed by atoms with E-state index < -0.39 is 47.3 Å². The molecule has 0 spiro atoms. The lowest BCUT2D eigenvalue weighted by Gasteiger charge is -2.35. The fraction of sp³-hybridized carbons (Fsp3) is 0.492. The number of nitrogen functional groups attached to an aromatic ring is 1. The number of aromatic nitrogens is 8. The highest BCUT2D eigenvalue weighted by Gasteiger charge is 2.72. The third-order valence-corrected chi connectivity index (χ3v) is 20.5. The maximum Gasteiger partial charge on any atom is 0.319 e. The number of carbonyl (C=O) groups is 2. The van der Waals surface area contributed by atoms with Crippen molar-refractivity contribution >= 4 is 75.7 Å². The van der Waals surface area contributed by atoms with Crippen molar-refractivity contribution in [3.8, 4) is 34.6 Å². The molecule has 4 aliphatic heterocycles. The minimum Gasteiger partial charge on any atom is -0.462 e. The molecule has 6 aromatic heterocycles. The van der Waals surface area contributed by atoms with E-state index in [4.69, 9.17) is 25.4 Å². The smallest absolute Gasteiger partial charge is 0.319 e. The molecule has 25 heteroatoms. The number of anilines is 2. The van der Waals surface area contributed by atoms with Crippen LogP contribution in [0.2, 0.25) is 0 Å². The molecular formula is C61H68F3N15O5S2. The van der Waals surface area contributed by atoms with Crippen LogP contribution in [0.5, 0.6) is 6.01 Å². The minimum absolute atomic E-state index is 0.0211. The van der Waals surface area contributed by atoms with Crippen molar-refractivity contribution in [2.45, 2.75) is 121 Å². The Balaban J connectivity index is 0.650. The van der Waals surface area contributed by atoms with Crippen molar-refractivity contribution in [2.75, 3.05) is 63.1 Å². The van der Waals surface area contributed by atoms with Gasteiger partial charge < -0.3 is 46.0 Å². The zero-order valence-corrected chi connectivity index (χ0v) is 49.6. The van der Waals surface area contributed by atoms with Crippen molar-refractivity contribution in [1.82, 2.24) is 60.2 Å². The molecule has 5 fully saturated rings. The summed E-state index contributed by atoms with van der Waals surface area (Å²) in [6.45, 7) is 8.67. The highest BCUT2D eigenvalue weighted by atomic mass is 32.1. The molecule has 2 bridgehead atoms. The Morgan fingerprint density at radius 2 is 1.76 bits per heavy atom. The molecule has 2 amide bonds. The number of aliphatic hydroxyl groups is 2. The van der Waals surface area contributed by atoms with E-state index in [1.54, 1.807) is 29.3 Å². The highest BCUT2D eigenvalue weighted by Crippen LogP contribution is 2.61. The second-order valence-corrected chi connectivity index (χ2v) is 26.4. The van der Waals surface area contributed by atoms with Crippen LogP contribution in [0, 0.1) is 34.4 Å². The number of nitrogens with zero attached hydrogens (tertiary/aromatic N) is 12. The molecule has 86 heavy (non-hydrogen) atoms. The summed E-state index contributed by atoms with van der Waals surface area (Å²) in [7, 11) is 0. The van der Waals surface area contributed by atoms with Crippen LogP contribution >= 0.6 is 22.7 Å². The summed E-state index contributed by atoms with van der Waals surface area (Å²) >= 11 is 2.40. The third-order valence-electron chi connectivity index (χ3n) is 18.4. The number of hydrogen-bond acceptors (Lipinski definition) is 18. The van der Waals surface area contributed by atoms with Crippen molar-refractivity contribution < 1.29 is 37.7 Å². The third kappa shape index (κ3) is 10.7. The van der Waals surface area contributed by atoms with E-state index in [2.05, 4.69) is 41.9 Å². The molecule has 2 aromatic carbocycles. The van der Waals surface area contributed by atoms with E-state index >= 15 is 13.2 Å². The van der Waals surface area contributed by atoms with Gasteiger partial charge in [0.15, 0.2) is 0 Å². The number of piperidine rings is 1. The van der Waals surface area contributed by atoms with Crippen LogP contribution in [0.25, 0.3) is 52.9 Å². The van der Waals surface area contributed by atoms with Crippen LogP contribution < -0.4 is 26.0 Å². The van der Waals surface area contributed by atoms with Gasteiger partial charge in [0.1, 0.15) is 46.2 Å². The van der Waals surface area contributed by atoms with Crippen molar-refractivity contribution in [3.05, 3.63) is 89.8 Å². The van der Waals surface area contributed by atoms with Crippen molar-refractivity contribution in [1.29, 1.82) is 5.26 Å². The summed E-state index contributed by atoms with van der Waals surface area (Å²) in [5, 5.41) is 53.4. The van der Waals surface area contributed by atoms with Gasteiger partial charge in [-0.15, -0.1) is 27.8 Å². The normalized spacial score (nSPS) is 23.0. The average molecular weight is 1210 g/mol. The van der Waals surface area contributed by atoms with Crippen molar-refractivity contribution in [2.24, 2.45) is 17.3 Å². The Morgan fingerprint density at radius 1 is 0.988 bits per heavy atom. The molecule has 2 unspecified atom stereocenters. The first-order chi connectivity index (χ1) is 41.5. The zero-order chi connectivity index (χ0) is 59.8. The Bertz CT molecular complexity index is 3900. The Morgan fingerprint density at radius 3 is 2.47 bits per heavy atom. The number of nitrogens with two attached hydrogens (primary N) is 1. The number of amides is 2. The van der Waals surface area contributed by atoms with Gasteiger partial charge in [0.05, 0.1) is 61.6 Å². The van der Waals surface area contributed by atoms with Crippen LogP contribution in [0.1, 0.15) is 94.6 Å². The van der Waals surface area contributed by atoms with E-state index in [1.165, 1.54) is 22.3 Å². The number of thiophene rings is 2. The van der Waals surface area contributed by atoms with E-state index in [9.17, 15) is 25.1 Å². The SMILES string of the molecule is CCn1nccc1-c1ccc([C@H](CO)NC(=O)[C@@H]2C[C@@H](O)CN2C(=O)[C@H](C(C)C)n2cc(CCC3CCN(C[C@@]4(COc5nc(N6CC7CCC(C6)N7)c6c(n5)sc5c(-c7ccc(F)c8sc(N)c(C#N)c78)nccc56)CC4(F)F)CC3)nn2)cc1. The van der Waals surface area contributed by atoms with Gasteiger partial charge in [-0.05, 0) is 106 Å². The lowest BCUT2D eigenvalue weighted by atomic mass is 9.91. The van der Waals surface area contributed by atoms with Crippen LogP contribution in [-0.2, 0) is 22.6 Å². The van der Waals surface area contributed by atoms with Gasteiger partial charge in [-0.2, -0.15) is 20.3 Å². The van der Waals surface area contributed by atoms with Crippen LogP contribution in [0.15, 0.2) is 67.1 Å². The minimum atomic E-state index is -2.94. The van der Waals surface area contributed by atoms with Gasteiger partial charge in [0.25, 0.3) is 5.92 Å². The van der Waals surface area contributed by atoms with E-state index in [-0.39, 0.29) is 84.3 Å². The lowest BCUT2D eigenvalue weighted by molar-refractivity contribution is -0.142. The van der Waals surface area contributed by atoms with E-state index in [0.717, 1.165) is 70.2 Å². The number of rotatable bonds is 19. The van der Waals surface area contributed by atoms with Gasteiger partial charge in [-0.1, -0.05) is 43.3 Å². The largest absolute Gasteiger partial charge is 0.462 e. The number of piperazine rings is 1. The number of pyridine rings is 1. The number of nitrogens with one attached hydrogen (secondary N) is 2. The van der Waals surface area contributed by atoms with Gasteiger partial charge in [0.2, 0.25) is 11.8 Å². The standard InChI is InChI=1S/C61H68F3N15O5S2/c1-4-78-46(16-20-68-78)36-8-6-35(7-9-36)45(29-80)70-56(82)47-23-40(81)28-77(47)58(83)51(33(2)3)79-27-39(73-74-79)10-5-34-17-21-75(22-18-34)31-60(30-61(60,63)64)32-84-59-71-55(76-25-37-11-12-38(26-76)69-37)49-42-15-19-67-50(52(42)86-57(49)72-59)41-13-14-44(62)53-48(41)43(24-65)54(66)85-53/h6-9,13-16,19-20,27,33-34,37-38,40,45,47,51,69,80-81H,4-5,10-12,17-18,21-23,25-26,28-32,66H2,1-3H3,(H,70,82)/t37?,38?,40-,45+,47+,51+,60-/m1/s1. The van der Waals surface area contributed by atoms with Crippen LogP contribution in [0.3, 0.4) is 0 Å². The number of ether oxygens (including phenoxy) is 1. The Hall–Kier alpha value is -7.34. The number of aryl methyl sites for hydroxylation is 2. The van der Waals surface area contributed by atoms with Gasteiger partial charge in [-0.25, -0.2) is 17.9 Å². The summed E-state index contributed by atoms with van der Waals surface area (Å²) < 4.78 is 57.5. The summed E-state index contributed by atoms with van der Waals surface area (Å²) in [5.41, 5.74) is 9.40. The number of alkyl halides is 2. The Kier molecular flexibility index (Phi) is 15.5. The maximum absolute atomic E-state index is 15.7. The number of benzene rings is 2. The average Bonchev–Trinajstić information content (AvgIpc) is 1.68. The molecule has 450 valence electrons. The second kappa shape index (κ2) is 23.1. The van der Waals surface area contributed by atoms with Gasteiger partial charge in [0, 0.05) is 92.6 Å². The summed E-state index contributed by atoms with van der Waals surface area (Å²) in [5.74, 6) is -3.53. The number of hydrogen-bond donors (Lipinski definition) is 5. The Labute approximate surface area is 502 Å². The second-order valence-electron chi connectivity index (χ2n) is 24.3. The summed E-state index contributed by atoms with van der Waals surface area (Å²) in [6.07, 6.45) is 9.08. The van der Waals surface area contributed by atoms with Crippen molar-refractivity contribution in [3.63, 3.8) is 0 Å². The lowest BCUT2D eigenvalue weighted by Crippen LogP contribution is -2.51. The maximum atomic E-state index is 15.7. The predicted molar refractivity (Wildman–Crippen MR) is 321 cm³/mol. The summed E-state index contributed by atoms with van der Waals surface area (Å²) in [4.78, 5) is 49.5. The van der Waals surface area contributed by atoms with E-state index in [1.807, 2.05) is 61.9 Å². The molecule has 1 aliphatic carbocycles. The monoisotopic (exact) mass is 1210 g/mol. The quantitative estimate of drug-likeness (QED) is 0.0516. The molecule has 13 rings (SSSR count). The molecule has 4 saturated heterocycles. The number of aliphatic hydroxyl groups excluding tert-OH is 2. The molecule has 5 aliphatic rings. The molecule has 1 saturated carbocycles. The fourth-order valence-corrected chi connectivity index (χ4v) is 15.8. The number of carbonyl (C=O) groups excluding carboxylic acids is 2. The van der Waals surface area contributed by atoms with Gasteiger partial charge in [-0.3, -0.25) is 19.3 Å². The molecule has 0 radical (unpaired) electrons. The molecule has 7 atom stereocenters. The first-order valence-electron chi connectivity index (χ1n) is 29.7. The molecule has 20 nitrogen and oxygen atoms in total. The topological polar surface area (TPSA) is 255 Å².